The normalized spacial score (nSPS) is 19.9. The minimum Gasteiger partial charge on any atom is -0.305 e. The third kappa shape index (κ3) is 3.65. The minimum absolute atomic E-state index is 0.294. The average Bonchev–Trinajstić information content (AvgIpc) is 3.48. The third-order valence-corrected chi connectivity index (χ3v) is 8.15. The van der Waals surface area contributed by atoms with Crippen molar-refractivity contribution in [1.82, 2.24) is 4.98 Å². The van der Waals surface area contributed by atoms with Gasteiger partial charge in [-0.3, -0.25) is 4.98 Å². The molecule has 5 rings (SSSR count). The molecule has 1 atom stereocenters. The number of hydrogen-bond donors (Lipinski definition) is 2. The van der Waals surface area contributed by atoms with Gasteiger partial charge in [0.25, 0.3) is 0 Å². The Morgan fingerprint density at radius 2 is 1.70 bits per heavy atom. The van der Waals surface area contributed by atoms with Gasteiger partial charge in [-0.05, 0) is 85.8 Å². The van der Waals surface area contributed by atoms with Crippen LogP contribution in [0.25, 0.3) is 0 Å². The Hall–Kier alpha value is -2.25. The largest absolute Gasteiger partial charge is 0.354 e. The van der Waals surface area contributed by atoms with Crippen LogP contribution >= 0.6 is 0 Å². The zero-order chi connectivity index (χ0) is 20.7. The lowest BCUT2D eigenvalue weighted by molar-refractivity contribution is 0.260. The summed E-state index contributed by atoms with van der Waals surface area (Å²) in [6.45, 7) is 0. The molecule has 1 aromatic carbocycles. The highest BCUT2D eigenvalue weighted by atomic mass is 32.2. The second-order valence-corrected chi connectivity index (χ2v) is 10.5. The van der Waals surface area contributed by atoms with Crippen LogP contribution in [0.15, 0.2) is 33.7 Å². The molecule has 3 aliphatic rings. The Bertz CT molecular complexity index is 1080. The van der Waals surface area contributed by atoms with Crippen molar-refractivity contribution in [2.45, 2.75) is 75.0 Å². The summed E-state index contributed by atoms with van der Waals surface area (Å²) in [5, 5.41) is 8.92. The van der Waals surface area contributed by atoms with Crippen LogP contribution in [0, 0.1) is 0 Å². The predicted octanol–water partition coefficient (Wildman–Crippen LogP) is 4.65. The van der Waals surface area contributed by atoms with Gasteiger partial charge in [-0.1, -0.05) is 18.9 Å². The number of fused-ring (bicyclic) bond motifs is 2. The topological polar surface area (TPSA) is 97.4 Å². The van der Waals surface area contributed by atoms with Crippen LogP contribution in [0.4, 0.5) is 10.5 Å². The van der Waals surface area contributed by atoms with Gasteiger partial charge in [-0.2, -0.15) is 0 Å². The Morgan fingerprint density at radius 3 is 2.30 bits per heavy atom. The lowest BCUT2D eigenvalue weighted by atomic mass is 9.99. The van der Waals surface area contributed by atoms with Crippen molar-refractivity contribution in [1.29, 1.82) is 0 Å². The number of carbonyl (C=O) groups is 1. The molecule has 1 saturated carbocycles. The van der Waals surface area contributed by atoms with Gasteiger partial charge in [-0.15, -0.1) is 4.36 Å². The first-order valence-corrected chi connectivity index (χ1v) is 12.6. The molecular weight excluding hydrogens is 396 g/mol. The summed E-state index contributed by atoms with van der Waals surface area (Å²) in [5.74, 6) is 0.468. The molecule has 158 valence electrons. The summed E-state index contributed by atoms with van der Waals surface area (Å²) in [6.07, 6.45) is 12.5. The van der Waals surface area contributed by atoms with E-state index in [4.69, 9.17) is 5.14 Å². The second kappa shape index (κ2) is 7.78. The Morgan fingerprint density at radius 1 is 1.03 bits per heavy atom. The molecule has 1 fully saturated rings. The first-order valence-electron chi connectivity index (χ1n) is 11.0. The van der Waals surface area contributed by atoms with Crippen LogP contribution in [0.1, 0.15) is 72.4 Å². The number of carbonyl (C=O) groups excluding carboxylic acids is 1. The van der Waals surface area contributed by atoms with E-state index in [1.54, 1.807) is 6.07 Å². The zero-order valence-electron chi connectivity index (χ0n) is 17.2. The van der Waals surface area contributed by atoms with E-state index in [-0.39, 0.29) is 0 Å². The summed E-state index contributed by atoms with van der Waals surface area (Å²) in [5.41, 5.74) is 6.97. The Kier molecular flexibility index (Phi) is 5.11. The van der Waals surface area contributed by atoms with E-state index in [1.165, 1.54) is 41.3 Å². The quantitative estimate of drug-likeness (QED) is 0.750. The lowest BCUT2D eigenvalue weighted by Crippen LogP contribution is -2.19. The molecular formula is C23H28N4O2S. The second-order valence-electron chi connectivity index (χ2n) is 8.72. The number of nitrogens with zero attached hydrogens (tertiary/aromatic N) is 2. The highest BCUT2D eigenvalue weighted by Gasteiger charge is 2.25. The minimum atomic E-state index is -3.35. The van der Waals surface area contributed by atoms with Crippen LogP contribution < -0.4 is 10.5 Å². The van der Waals surface area contributed by atoms with Crippen LogP contribution in [-0.2, 0) is 35.6 Å². The molecule has 3 N–H and O–H groups in total. The fraction of sp³-hybridized carbons (Fsp3) is 0.478. The molecule has 0 aliphatic heterocycles. The number of pyridine rings is 1. The van der Waals surface area contributed by atoms with Gasteiger partial charge in [-0.25, -0.2) is 14.1 Å². The van der Waals surface area contributed by atoms with Gasteiger partial charge >= 0.3 is 6.03 Å². The predicted molar refractivity (Wildman–Crippen MR) is 118 cm³/mol. The van der Waals surface area contributed by atoms with Crippen LogP contribution in [0.2, 0.25) is 0 Å². The van der Waals surface area contributed by atoms with Crippen LogP contribution in [0.3, 0.4) is 0 Å². The standard InChI is InChI=1S/C23H28N4O2S/c24-30(29,18-11-12-21(25-14-18)15-5-1-2-6-15)27-23(28)26-22-19-9-3-7-16(19)13-17-8-4-10-20(17)22/h11-15H,1-10H2,(H3,24,26,27,28,29)/t30-/m1/s1. The van der Waals surface area contributed by atoms with E-state index in [1.807, 2.05) is 6.07 Å². The SMILES string of the molecule is N[S@@](=O)(=NC(=O)Nc1c2c(cc3c1CCC3)CCC2)c1ccc(C2CCCC2)nc1. The molecule has 30 heavy (non-hydrogen) atoms. The summed E-state index contributed by atoms with van der Waals surface area (Å²) < 4.78 is 16.9. The smallest absolute Gasteiger partial charge is 0.305 e. The van der Waals surface area contributed by atoms with Gasteiger partial charge in [0.05, 0.1) is 4.90 Å². The van der Waals surface area contributed by atoms with Gasteiger partial charge < -0.3 is 5.32 Å². The van der Waals surface area contributed by atoms with Gasteiger partial charge in [0.1, 0.15) is 9.92 Å². The van der Waals surface area contributed by atoms with E-state index in [2.05, 4.69) is 20.7 Å². The lowest BCUT2D eigenvalue weighted by Gasteiger charge is -2.15. The Labute approximate surface area is 178 Å². The first-order chi connectivity index (χ1) is 14.5. The highest BCUT2D eigenvalue weighted by Crippen LogP contribution is 2.38. The van der Waals surface area contributed by atoms with E-state index in [9.17, 15) is 9.00 Å². The molecule has 7 heteroatoms. The molecule has 0 saturated heterocycles. The molecule has 0 bridgehead atoms. The summed E-state index contributed by atoms with van der Waals surface area (Å²) in [4.78, 5) is 17.5. The molecule has 0 spiro atoms. The summed E-state index contributed by atoms with van der Waals surface area (Å²) in [6, 6.07) is 5.25. The van der Waals surface area contributed by atoms with Crippen molar-refractivity contribution >= 4 is 21.6 Å². The van der Waals surface area contributed by atoms with Crippen molar-refractivity contribution in [2.24, 2.45) is 9.50 Å². The first kappa shape index (κ1) is 19.7. The van der Waals surface area contributed by atoms with Gasteiger partial charge in [0, 0.05) is 23.5 Å². The number of nitrogens with one attached hydrogen (secondary N) is 1. The molecule has 6 nitrogen and oxygen atoms in total. The highest BCUT2D eigenvalue weighted by molar-refractivity contribution is 7.91. The number of rotatable bonds is 3. The molecule has 1 aromatic heterocycles. The van der Waals surface area contributed by atoms with Crippen molar-refractivity contribution < 1.29 is 9.00 Å². The van der Waals surface area contributed by atoms with Gasteiger partial charge in [0.15, 0.2) is 0 Å². The fourth-order valence-corrected chi connectivity index (χ4v) is 6.16. The summed E-state index contributed by atoms with van der Waals surface area (Å²) in [7, 11) is -3.35. The van der Waals surface area contributed by atoms with Crippen molar-refractivity contribution in [3.05, 3.63) is 52.3 Å². The number of nitrogens with two attached hydrogens (primary N) is 1. The number of aryl methyl sites for hydroxylation is 2. The third-order valence-electron chi connectivity index (χ3n) is 6.79. The van der Waals surface area contributed by atoms with Crippen molar-refractivity contribution in [3.8, 4) is 0 Å². The average molecular weight is 425 g/mol. The van der Waals surface area contributed by atoms with E-state index < -0.39 is 15.9 Å². The molecule has 0 radical (unpaired) electrons. The zero-order valence-corrected chi connectivity index (χ0v) is 18.0. The van der Waals surface area contributed by atoms with Crippen LogP contribution in [0.5, 0.6) is 0 Å². The maximum Gasteiger partial charge on any atom is 0.354 e. The number of benzene rings is 1. The number of aromatic nitrogens is 1. The van der Waals surface area contributed by atoms with Gasteiger partial charge in [0.2, 0.25) is 0 Å². The molecule has 3 aliphatic carbocycles. The molecule has 2 aromatic rings. The number of anilines is 1. The monoisotopic (exact) mass is 424 g/mol. The number of amides is 2. The van der Waals surface area contributed by atoms with Crippen molar-refractivity contribution in [3.63, 3.8) is 0 Å². The van der Waals surface area contributed by atoms with Crippen molar-refractivity contribution in [2.75, 3.05) is 5.32 Å². The maximum absolute atomic E-state index is 13.0. The summed E-state index contributed by atoms with van der Waals surface area (Å²) >= 11 is 0. The number of urea groups is 1. The van der Waals surface area contributed by atoms with E-state index in [0.29, 0.717) is 10.8 Å². The molecule has 1 heterocycles. The number of hydrogen-bond acceptors (Lipinski definition) is 3. The Balaban J connectivity index is 1.40. The maximum atomic E-state index is 13.0. The fourth-order valence-electron chi connectivity index (χ4n) is 5.30. The van der Waals surface area contributed by atoms with E-state index in [0.717, 1.165) is 62.7 Å². The molecule has 0 unspecified atom stereocenters. The van der Waals surface area contributed by atoms with E-state index >= 15 is 0 Å². The van der Waals surface area contributed by atoms with Crippen LogP contribution in [-0.4, -0.2) is 15.2 Å². The molecule has 2 amide bonds.